The molecule has 3 heterocycles. The van der Waals surface area contributed by atoms with Crippen LogP contribution in [0.15, 0.2) is 34.9 Å². The smallest absolute Gasteiger partial charge is 0.273 e. The highest BCUT2D eigenvalue weighted by atomic mass is 16.5. The van der Waals surface area contributed by atoms with Crippen molar-refractivity contribution in [2.45, 2.75) is 38.8 Å². The molecule has 1 saturated heterocycles. The van der Waals surface area contributed by atoms with Crippen LogP contribution in [0.1, 0.15) is 41.3 Å². The van der Waals surface area contributed by atoms with Gasteiger partial charge in [-0.1, -0.05) is 17.3 Å². The Balaban J connectivity index is 1.42. The molecule has 0 bridgehead atoms. The van der Waals surface area contributed by atoms with Crippen molar-refractivity contribution in [3.63, 3.8) is 0 Å². The predicted molar refractivity (Wildman–Crippen MR) is 96.0 cm³/mol. The Bertz CT molecular complexity index is 909. The third-order valence-corrected chi connectivity index (χ3v) is 4.72. The summed E-state index contributed by atoms with van der Waals surface area (Å²) in [5.41, 5.74) is 2.26. The van der Waals surface area contributed by atoms with Crippen molar-refractivity contribution < 1.29 is 14.1 Å². The molecular formula is C19H22N4O3. The van der Waals surface area contributed by atoms with Gasteiger partial charge < -0.3 is 19.1 Å². The maximum Gasteiger partial charge on any atom is 0.273 e. The lowest BCUT2D eigenvalue weighted by atomic mass is 10.1. The van der Waals surface area contributed by atoms with Gasteiger partial charge in [0, 0.05) is 19.2 Å². The molecule has 3 aromatic rings. The SMILES string of the molecule is Cc1nc2ccccc2n1Cc1cc(C(=O)NC[C@@H]2CCCCO2)no1. The number of carbonyl (C=O) groups is 1. The number of rotatable bonds is 5. The van der Waals surface area contributed by atoms with E-state index >= 15 is 0 Å². The van der Waals surface area contributed by atoms with Crippen LogP contribution in [0.5, 0.6) is 0 Å². The lowest BCUT2D eigenvalue weighted by molar-refractivity contribution is 0.0168. The van der Waals surface area contributed by atoms with Crippen molar-refractivity contribution in [2.24, 2.45) is 0 Å². The Morgan fingerprint density at radius 2 is 2.23 bits per heavy atom. The van der Waals surface area contributed by atoms with Gasteiger partial charge >= 0.3 is 0 Å². The highest BCUT2D eigenvalue weighted by Crippen LogP contribution is 2.18. The lowest BCUT2D eigenvalue weighted by Crippen LogP contribution is -2.35. The van der Waals surface area contributed by atoms with Crippen molar-refractivity contribution in [2.75, 3.05) is 13.2 Å². The van der Waals surface area contributed by atoms with E-state index in [-0.39, 0.29) is 17.7 Å². The first kappa shape index (κ1) is 16.8. The standard InChI is InChI=1S/C19H22N4O3/c1-13-21-16-7-2-3-8-18(16)23(13)12-15-10-17(22-26-15)19(24)20-11-14-6-4-5-9-25-14/h2-3,7-8,10,14H,4-6,9,11-12H2,1H3,(H,20,24)/t14-/m0/s1. The molecule has 1 amide bonds. The second-order valence-electron chi connectivity index (χ2n) is 6.61. The second-order valence-corrected chi connectivity index (χ2v) is 6.61. The number of para-hydroxylation sites is 2. The molecule has 4 rings (SSSR count). The summed E-state index contributed by atoms with van der Waals surface area (Å²) in [4.78, 5) is 16.8. The summed E-state index contributed by atoms with van der Waals surface area (Å²) in [6, 6.07) is 9.62. The van der Waals surface area contributed by atoms with Gasteiger partial charge in [0.15, 0.2) is 11.5 Å². The van der Waals surface area contributed by atoms with Crippen LogP contribution in [0.3, 0.4) is 0 Å². The van der Waals surface area contributed by atoms with Crippen molar-refractivity contribution >= 4 is 16.9 Å². The maximum absolute atomic E-state index is 12.3. The van der Waals surface area contributed by atoms with E-state index < -0.39 is 0 Å². The molecule has 0 radical (unpaired) electrons. The van der Waals surface area contributed by atoms with Gasteiger partial charge in [0.05, 0.1) is 23.7 Å². The Labute approximate surface area is 151 Å². The summed E-state index contributed by atoms with van der Waals surface area (Å²) in [5.74, 6) is 1.28. The molecule has 7 heteroatoms. The fraction of sp³-hybridized carbons (Fsp3) is 0.421. The average molecular weight is 354 g/mol. The van der Waals surface area contributed by atoms with Gasteiger partial charge in [-0.3, -0.25) is 4.79 Å². The van der Waals surface area contributed by atoms with E-state index in [0.717, 1.165) is 42.7 Å². The zero-order chi connectivity index (χ0) is 17.9. The van der Waals surface area contributed by atoms with Crippen LogP contribution in [0.25, 0.3) is 11.0 Å². The number of aromatic nitrogens is 3. The van der Waals surface area contributed by atoms with Crippen molar-refractivity contribution in [3.8, 4) is 0 Å². The van der Waals surface area contributed by atoms with Crippen LogP contribution in [0, 0.1) is 6.92 Å². The third kappa shape index (κ3) is 3.48. The quantitative estimate of drug-likeness (QED) is 0.762. The minimum absolute atomic E-state index is 0.0963. The normalized spacial score (nSPS) is 17.5. The molecule has 0 unspecified atom stereocenters. The number of hydrogen-bond acceptors (Lipinski definition) is 5. The van der Waals surface area contributed by atoms with E-state index in [1.54, 1.807) is 6.07 Å². The van der Waals surface area contributed by atoms with Crippen molar-refractivity contribution in [3.05, 3.63) is 47.6 Å². The zero-order valence-corrected chi connectivity index (χ0v) is 14.8. The largest absolute Gasteiger partial charge is 0.376 e. The molecule has 0 aliphatic carbocycles. The van der Waals surface area contributed by atoms with Gasteiger partial charge in [-0.25, -0.2) is 4.98 Å². The van der Waals surface area contributed by atoms with E-state index in [0.29, 0.717) is 18.8 Å². The molecule has 1 aromatic carbocycles. The van der Waals surface area contributed by atoms with E-state index in [9.17, 15) is 4.79 Å². The molecule has 1 fully saturated rings. The van der Waals surface area contributed by atoms with E-state index in [1.165, 1.54) is 0 Å². The average Bonchev–Trinajstić information content (AvgIpc) is 3.26. The number of hydrogen-bond donors (Lipinski definition) is 1. The van der Waals surface area contributed by atoms with Crippen LogP contribution in [-0.4, -0.2) is 39.9 Å². The van der Waals surface area contributed by atoms with Gasteiger partial charge in [-0.15, -0.1) is 0 Å². The third-order valence-electron chi connectivity index (χ3n) is 4.72. The maximum atomic E-state index is 12.3. The zero-order valence-electron chi connectivity index (χ0n) is 14.8. The molecular weight excluding hydrogens is 332 g/mol. The van der Waals surface area contributed by atoms with Gasteiger partial charge in [-0.2, -0.15) is 0 Å². The Morgan fingerprint density at radius 1 is 1.35 bits per heavy atom. The van der Waals surface area contributed by atoms with Crippen LogP contribution >= 0.6 is 0 Å². The predicted octanol–water partition coefficient (Wildman–Crippen LogP) is 2.68. The summed E-state index contributed by atoms with van der Waals surface area (Å²) in [7, 11) is 0. The highest BCUT2D eigenvalue weighted by molar-refractivity contribution is 5.92. The molecule has 1 atom stereocenters. The summed E-state index contributed by atoms with van der Waals surface area (Å²) in [5, 5.41) is 6.78. The van der Waals surface area contributed by atoms with Gasteiger partial charge in [0.25, 0.3) is 5.91 Å². The van der Waals surface area contributed by atoms with Crippen LogP contribution in [0.4, 0.5) is 0 Å². The first-order valence-electron chi connectivity index (χ1n) is 8.98. The number of imidazole rings is 1. The Morgan fingerprint density at radius 3 is 3.08 bits per heavy atom. The van der Waals surface area contributed by atoms with Crippen LogP contribution in [0.2, 0.25) is 0 Å². The highest BCUT2D eigenvalue weighted by Gasteiger charge is 2.18. The number of ether oxygens (including phenoxy) is 1. The summed E-state index contributed by atoms with van der Waals surface area (Å²) < 4.78 is 13.0. The fourth-order valence-corrected chi connectivity index (χ4v) is 3.31. The Hall–Kier alpha value is -2.67. The Kier molecular flexibility index (Phi) is 4.71. The molecule has 0 spiro atoms. The molecule has 7 nitrogen and oxygen atoms in total. The molecule has 1 N–H and O–H groups in total. The number of aryl methyl sites for hydroxylation is 1. The fourth-order valence-electron chi connectivity index (χ4n) is 3.31. The van der Waals surface area contributed by atoms with Gasteiger partial charge in [0.1, 0.15) is 5.82 Å². The minimum Gasteiger partial charge on any atom is -0.376 e. The number of carbonyl (C=O) groups excluding carboxylic acids is 1. The molecule has 136 valence electrons. The minimum atomic E-state index is -0.235. The topological polar surface area (TPSA) is 82.2 Å². The molecule has 2 aromatic heterocycles. The second kappa shape index (κ2) is 7.29. The number of benzene rings is 1. The van der Waals surface area contributed by atoms with Crippen LogP contribution in [-0.2, 0) is 11.3 Å². The monoisotopic (exact) mass is 354 g/mol. The first-order chi connectivity index (χ1) is 12.7. The summed E-state index contributed by atoms with van der Waals surface area (Å²) in [6.07, 6.45) is 3.32. The lowest BCUT2D eigenvalue weighted by Gasteiger charge is -2.22. The van der Waals surface area contributed by atoms with E-state index in [1.807, 2.05) is 35.8 Å². The number of nitrogens with zero attached hydrogens (tertiary/aromatic N) is 3. The number of nitrogens with one attached hydrogen (secondary N) is 1. The number of amides is 1. The molecule has 1 aliphatic rings. The van der Waals surface area contributed by atoms with Crippen molar-refractivity contribution in [1.29, 1.82) is 0 Å². The first-order valence-corrected chi connectivity index (χ1v) is 8.98. The molecule has 0 saturated carbocycles. The van der Waals surface area contributed by atoms with Gasteiger partial charge in [0.2, 0.25) is 0 Å². The van der Waals surface area contributed by atoms with Crippen molar-refractivity contribution in [1.82, 2.24) is 20.0 Å². The molecule has 1 aliphatic heterocycles. The summed E-state index contributed by atoms with van der Waals surface area (Å²) in [6.45, 7) is 3.71. The van der Waals surface area contributed by atoms with E-state index in [4.69, 9.17) is 9.26 Å². The number of fused-ring (bicyclic) bond motifs is 1. The summed E-state index contributed by atoms with van der Waals surface area (Å²) >= 11 is 0. The van der Waals surface area contributed by atoms with Gasteiger partial charge in [-0.05, 0) is 38.3 Å². The molecule has 26 heavy (non-hydrogen) atoms. The van der Waals surface area contributed by atoms with Crippen LogP contribution < -0.4 is 5.32 Å². The van der Waals surface area contributed by atoms with E-state index in [2.05, 4.69) is 15.5 Å².